The summed E-state index contributed by atoms with van der Waals surface area (Å²) in [5.74, 6) is 0.332. The summed E-state index contributed by atoms with van der Waals surface area (Å²) in [5.41, 5.74) is 1.38. The first kappa shape index (κ1) is 18.3. The summed E-state index contributed by atoms with van der Waals surface area (Å²) in [6.45, 7) is 2.68. The van der Waals surface area contributed by atoms with Crippen molar-refractivity contribution in [1.82, 2.24) is 15.0 Å². The van der Waals surface area contributed by atoms with Crippen molar-refractivity contribution in [3.63, 3.8) is 0 Å². The number of anilines is 1. The Morgan fingerprint density at radius 1 is 1.31 bits per heavy atom. The van der Waals surface area contributed by atoms with Crippen molar-refractivity contribution in [2.45, 2.75) is 25.7 Å². The van der Waals surface area contributed by atoms with E-state index in [0.717, 1.165) is 39.0 Å². The summed E-state index contributed by atoms with van der Waals surface area (Å²) in [4.78, 5) is 26.7. The number of piperidine rings is 1. The van der Waals surface area contributed by atoms with Gasteiger partial charge in [-0.05, 0) is 49.8 Å². The molecule has 1 fully saturated rings. The molecule has 26 heavy (non-hydrogen) atoms. The molecule has 0 spiro atoms. The van der Waals surface area contributed by atoms with E-state index in [-0.39, 0.29) is 5.56 Å². The number of aromatic carboxylic acids is 1. The zero-order valence-corrected chi connectivity index (χ0v) is 15.0. The number of methoxy groups -OCH3 is 1. The van der Waals surface area contributed by atoms with E-state index >= 15 is 0 Å². The minimum atomic E-state index is -0.974. The average Bonchev–Trinajstić information content (AvgIpc) is 2.69. The van der Waals surface area contributed by atoms with Gasteiger partial charge in [-0.15, -0.1) is 0 Å². The molecule has 0 unspecified atom stereocenters. The van der Waals surface area contributed by atoms with Crippen LogP contribution in [0.25, 0.3) is 11.4 Å². The molecular formula is C19H24N4O3. The lowest BCUT2D eigenvalue weighted by molar-refractivity contribution is 0.0697. The predicted octanol–water partition coefficient (Wildman–Crippen LogP) is 2.88. The Hall–Kier alpha value is -2.54. The monoisotopic (exact) mass is 356 g/mol. The van der Waals surface area contributed by atoms with Gasteiger partial charge >= 0.3 is 5.97 Å². The van der Waals surface area contributed by atoms with E-state index in [9.17, 15) is 4.79 Å². The second kappa shape index (κ2) is 8.71. The SMILES string of the molecule is COCCC[C@H]1CCCN(c2nccc(-c3cc(C(=O)O)ccn3)n2)C1. The molecule has 0 saturated carbocycles. The zero-order valence-electron chi connectivity index (χ0n) is 15.0. The van der Waals surface area contributed by atoms with Gasteiger partial charge in [0.2, 0.25) is 5.95 Å². The minimum Gasteiger partial charge on any atom is -0.478 e. The van der Waals surface area contributed by atoms with E-state index in [0.29, 0.717) is 23.3 Å². The number of carboxylic acid groups (broad SMARTS) is 1. The van der Waals surface area contributed by atoms with Crippen molar-refractivity contribution in [1.29, 1.82) is 0 Å². The fourth-order valence-corrected chi connectivity index (χ4v) is 3.35. The average molecular weight is 356 g/mol. The van der Waals surface area contributed by atoms with Crippen molar-refractivity contribution < 1.29 is 14.6 Å². The number of carbonyl (C=O) groups is 1. The third-order valence-corrected chi connectivity index (χ3v) is 4.67. The van der Waals surface area contributed by atoms with Gasteiger partial charge in [0.05, 0.1) is 17.0 Å². The second-order valence-corrected chi connectivity index (χ2v) is 6.57. The number of hydrogen-bond donors (Lipinski definition) is 1. The Labute approximate surface area is 153 Å². The van der Waals surface area contributed by atoms with Gasteiger partial charge in [-0.3, -0.25) is 4.98 Å². The molecular weight excluding hydrogens is 332 g/mol. The Bertz CT molecular complexity index is 753. The van der Waals surface area contributed by atoms with Gasteiger partial charge in [-0.1, -0.05) is 0 Å². The highest BCUT2D eigenvalue weighted by Gasteiger charge is 2.22. The standard InChI is InChI=1S/C19H24N4O3/c1-26-11-3-5-14-4-2-10-23(13-14)19-21-9-7-16(22-19)17-12-15(18(24)25)6-8-20-17/h6-9,12,14H,2-5,10-11,13H2,1H3,(H,24,25)/t14-/m1/s1. The summed E-state index contributed by atoms with van der Waals surface area (Å²) in [7, 11) is 1.74. The van der Waals surface area contributed by atoms with Crippen LogP contribution in [0.4, 0.5) is 5.95 Å². The van der Waals surface area contributed by atoms with E-state index in [1.165, 1.54) is 24.8 Å². The van der Waals surface area contributed by atoms with Crippen LogP contribution in [0.15, 0.2) is 30.6 Å². The number of ether oxygens (including phenoxy) is 1. The molecule has 0 radical (unpaired) electrons. The van der Waals surface area contributed by atoms with Crippen LogP contribution < -0.4 is 4.90 Å². The number of carboxylic acids is 1. The lowest BCUT2D eigenvalue weighted by Crippen LogP contribution is -2.36. The lowest BCUT2D eigenvalue weighted by atomic mass is 9.94. The molecule has 2 aromatic rings. The molecule has 3 heterocycles. The first-order valence-corrected chi connectivity index (χ1v) is 8.94. The molecule has 7 heteroatoms. The zero-order chi connectivity index (χ0) is 18.4. The van der Waals surface area contributed by atoms with Crippen LogP contribution in [-0.2, 0) is 4.74 Å². The molecule has 3 rings (SSSR count). The molecule has 0 aliphatic carbocycles. The maximum atomic E-state index is 11.2. The molecule has 0 amide bonds. The van der Waals surface area contributed by atoms with Gasteiger partial charge in [0.25, 0.3) is 0 Å². The quantitative estimate of drug-likeness (QED) is 0.763. The molecule has 0 aromatic carbocycles. The fourth-order valence-electron chi connectivity index (χ4n) is 3.35. The molecule has 138 valence electrons. The number of rotatable bonds is 7. The molecule has 1 aliphatic rings. The highest BCUT2D eigenvalue weighted by atomic mass is 16.5. The van der Waals surface area contributed by atoms with Crippen LogP contribution in [-0.4, -0.2) is 52.8 Å². The van der Waals surface area contributed by atoms with E-state index in [1.54, 1.807) is 19.4 Å². The van der Waals surface area contributed by atoms with Gasteiger partial charge in [0, 0.05) is 39.2 Å². The maximum Gasteiger partial charge on any atom is 0.335 e. The Morgan fingerprint density at radius 2 is 2.15 bits per heavy atom. The van der Waals surface area contributed by atoms with Crippen LogP contribution in [0.2, 0.25) is 0 Å². The Morgan fingerprint density at radius 3 is 2.96 bits per heavy atom. The van der Waals surface area contributed by atoms with Gasteiger partial charge in [-0.25, -0.2) is 14.8 Å². The number of hydrogen-bond acceptors (Lipinski definition) is 6. The number of pyridine rings is 1. The lowest BCUT2D eigenvalue weighted by Gasteiger charge is -2.32. The third kappa shape index (κ3) is 4.54. The molecule has 7 nitrogen and oxygen atoms in total. The number of nitrogens with zero attached hydrogens (tertiary/aromatic N) is 4. The van der Waals surface area contributed by atoms with Crippen molar-refractivity contribution >= 4 is 11.9 Å². The summed E-state index contributed by atoms with van der Waals surface area (Å²) >= 11 is 0. The molecule has 1 N–H and O–H groups in total. The first-order chi connectivity index (χ1) is 12.7. The van der Waals surface area contributed by atoms with Crippen LogP contribution in [0.3, 0.4) is 0 Å². The van der Waals surface area contributed by atoms with Crippen molar-refractivity contribution in [2.24, 2.45) is 5.92 Å². The predicted molar refractivity (Wildman–Crippen MR) is 98.3 cm³/mol. The Kier molecular flexibility index (Phi) is 6.12. The summed E-state index contributed by atoms with van der Waals surface area (Å²) < 4.78 is 5.15. The van der Waals surface area contributed by atoms with Crippen molar-refractivity contribution in [3.05, 3.63) is 36.2 Å². The molecule has 2 aromatic heterocycles. The van der Waals surface area contributed by atoms with Crippen molar-refractivity contribution in [3.8, 4) is 11.4 Å². The summed E-state index contributed by atoms with van der Waals surface area (Å²) in [6, 6.07) is 4.78. The third-order valence-electron chi connectivity index (χ3n) is 4.67. The fraction of sp³-hybridized carbons (Fsp3) is 0.474. The van der Waals surface area contributed by atoms with E-state index in [4.69, 9.17) is 9.84 Å². The maximum absolute atomic E-state index is 11.2. The smallest absolute Gasteiger partial charge is 0.335 e. The minimum absolute atomic E-state index is 0.200. The van der Waals surface area contributed by atoms with E-state index < -0.39 is 5.97 Å². The van der Waals surface area contributed by atoms with Gasteiger partial charge < -0.3 is 14.7 Å². The topological polar surface area (TPSA) is 88.4 Å². The summed E-state index contributed by atoms with van der Waals surface area (Å²) in [5, 5.41) is 9.15. The van der Waals surface area contributed by atoms with Gasteiger partial charge in [0.15, 0.2) is 0 Å². The van der Waals surface area contributed by atoms with Crippen LogP contribution in [0.1, 0.15) is 36.0 Å². The van der Waals surface area contributed by atoms with Gasteiger partial charge in [-0.2, -0.15) is 0 Å². The van der Waals surface area contributed by atoms with Crippen LogP contribution in [0, 0.1) is 5.92 Å². The molecule has 0 bridgehead atoms. The molecule has 1 atom stereocenters. The largest absolute Gasteiger partial charge is 0.478 e. The van der Waals surface area contributed by atoms with Crippen LogP contribution >= 0.6 is 0 Å². The van der Waals surface area contributed by atoms with E-state index in [1.807, 2.05) is 0 Å². The second-order valence-electron chi connectivity index (χ2n) is 6.57. The molecule has 1 saturated heterocycles. The first-order valence-electron chi connectivity index (χ1n) is 8.94. The van der Waals surface area contributed by atoms with Crippen LogP contribution in [0.5, 0.6) is 0 Å². The van der Waals surface area contributed by atoms with Gasteiger partial charge in [0.1, 0.15) is 0 Å². The highest BCUT2D eigenvalue weighted by Crippen LogP contribution is 2.25. The number of aromatic nitrogens is 3. The molecule has 1 aliphatic heterocycles. The van der Waals surface area contributed by atoms with Crippen molar-refractivity contribution in [2.75, 3.05) is 31.7 Å². The summed E-state index contributed by atoms with van der Waals surface area (Å²) in [6.07, 6.45) is 7.77. The van der Waals surface area contributed by atoms with E-state index in [2.05, 4.69) is 19.9 Å². The normalized spacial score (nSPS) is 17.3. The highest BCUT2D eigenvalue weighted by molar-refractivity contribution is 5.88. The Balaban J connectivity index is 1.74.